The lowest BCUT2D eigenvalue weighted by Gasteiger charge is -2.14. The van der Waals surface area contributed by atoms with Crippen LogP contribution in [0, 0.1) is 11.8 Å². The fourth-order valence-corrected chi connectivity index (χ4v) is 2.31. The predicted octanol–water partition coefficient (Wildman–Crippen LogP) is 4.81. The molecule has 0 fully saturated rings. The number of nitrogens with one attached hydrogen (secondary N) is 1. The molecule has 18 heavy (non-hydrogen) atoms. The van der Waals surface area contributed by atoms with Crippen molar-refractivity contribution >= 4 is 23.2 Å². The summed E-state index contributed by atoms with van der Waals surface area (Å²) in [6, 6.07) is 5.69. The van der Waals surface area contributed by atoms with Crippen LogP contribution in [-0.4, -0.2) is 13.1 Å². The molecule has 0 spiro atoms. The van der Waals surface area contributed by atoms with E-state index in [4.69, 9.17) is 23.2 Å². The first-order valence-corrected chi connectivity index (χ1v) is 7.39. The molecule has 0 aliphatic heterocycles. The Balaban J connectivity index is 2.35. The number of halogens is 2. The Kier molecular flexibility index (Phi) is 7.06. The highest BCUT2D eigenvalue weighted by Gasteiger charge is 2.07. The van der Waals surface area contributed by atoms with Gasteiger partial charge in [-0.25, -0.2) is 0 Å². The third-order valence-electron chi connectivity index (χ3n) is 2.94. The topological polar surface area (TPSA) is 12.0 Å². The Hall–Kier alpha value is -0.240. The van der Waals surface area contributed by atoms with Gasteiger partial charge in [0.05, 0.1) is 0 Å². The molecule has 0 heterocycles. The van der Waals surface area contributed by atoms with Crippen molar-refractivity contribution in [3.63, 3.8) is 0 Å². The standard InChI is InChI=1S/C15H23Cl2N/c1-11(2)10-18-7-6-12(3)8-13-9-14(16)4-5-15(13)17/h4-5,9,11-12,18H,6-8,10H2,1-3H3. The van der Waals surface area contributed by atoms with E-state index in [1.807, 2.05) is 18.2 Å². The van der Waals surface area contributed by atoms with Gasteiger partial charge >= 0.3 is 0 Å². The van der Waals surface area contributed by atoms with Crippen LogP contribution in [0.1, 0.15) is 32.8 Å². The highest BCUT2D eigenvalue weighted by Crippen LogP contribution is 2.24. The SMILES string of the molecule is CC(C)CNCCC(C)Cc1cc(Cl)ccc1Cl. The maximum Gasteiger partial charge on any atom is 0.0439 e. The molecule has 0 saturated heterocycles. The van der Waals surface area contributed by atoms with Gasteiger partial charge in [-0.2, -0.15) is 0 Å². The summed E-state index contributed by atoms with van der Waals surface area (Å²) in [4.78, 5) is 0. The third-order valence-corrected chi connectivity index (χ3v) is 3.55. The van der Waals surface area contributed by atoms with Crippen molar-refractivity contribution in [3.8, 4) is 0 Å². The molecule has 1 aromatic rings. The smallest absolute Gasteiger partial charge is 0.0439 e. The van der Waals surface area contributed by atoms with E-state index in [1.165, 1.54) is 0 Å². The molecule has 0 aromatic heterocycles. The zero-order valence-electron chi connectivity index (χ0n) is 11.5. The lowest BCUT2D eigenvalue weighted by atomic mass is 9.98. The van der Waals surface area contributed by atoms with Crippen molar-refractivity contribution in [2.45, 2.75) is 33.6 Å². The molecule has 1 nitrogen and oxygen atoms in total. The van der Waals surface area contributed by atoms with Crippen LogP contribution >= 0.6 is 23.2 Å². The summed E-state index contributed by atoms with van der Waals surface area (Å²) in [6.45, 7) is 8.86. The molecule has 3 heteroatoms. The minimum Gasteiger partial charge on any atom is -0.316 e. The van der Waals surface area contributed by atoms with Crippen LogP contribution in [0.2, 0.25) is 10.0 Å². The number of hydrogen-bond donors (Lipinski definition) is 1. The molecule has 0 aliphatic rings. The van der Waals surface area contributed by atoms with E-state index in [-0.39, 0.29) is 0 Å². The Bertz CT molecular complexity index is 364. The second kappa shape index (κ2) is 8.04. The first-order valence-electron chi connectivity index (χ1n) is 6.63. The van der Waals surface area contributed by atoms with E-state index < -0.39 is 0 Å². The third kappa shape index (κ3) is 6.08. The largest absolute Gasteiger partial charge is 0.316 e. The normalized spacial score (nSPS) is 13.0. The molecule has 1 aromatic carbocycles. The molecule has 102 valence electrons. The van der Waals surface area contributed by atoms with Crippen LogP contribution < -0.4 is 5.32 Å². The summed E-state index contributed by atoms with van der Waals surface area (Å²) < 4.78 is 0. The molecule has 0 bridgehead atoms. The van der Waals surface area contributed by atoms with Crippen molar-refractivity contribution < 1.29 is 0 Å². The first kappa shape index (κ1) is 15.8. The van der Waals surface area contributed by atoms with Gasteiger partial charge in [0, 0.05) is 10.0 Å². The van der Waals surface area contributed by atoms with Crippen molar-refractivity contribution in [3.05, 3.63) is 33.8 Å². The molecule has 1 N–H and O–H groups in total. The van der Waals surface area contributed by atoms with Gasteiger partial charge in [-0.3, -0.25) is 0 Å². The summed E-state index contributed by atoms with van der Waals surface area (Å²) in [5, 5.41) is 5.05. The minimum atomic E-state index is 0.612. The minimum absolute atomic E-state index is 0.612. The summed E-state index contributed by atoms with van der Waals surface area (Å²) in [6.07, 6.45) is 2.15. The van der Waals surface area contributed by atoms with E-state index in [0.717, 1.165) is 41.5 Å². The van der Waals surface area contributed by atoms with Crippen LogP contribution in [-0.2, 0) is 6.42 Å². The second-order valence-electron chi connectivity index (χ2n) is 5.43. The van der Waals surface area contributed by atoms with E-state index in [2.05, 4.69) is 26.1 Å². The van der Waals surface area contributed by atoms with Crippen LogP contribution in [0.4, 0.5) is 0 Å². The lowest BCUT2D eigenvalue weighted by Crippen LogP contribution is -2.22. The molecular formula is C15H23Cl2N. The molecule has 1 unspecified atom stereocenters. The van der Waals surface area contributed by atoms with Crippen molar-refractivity contribution in [2.24, 2.45) is 11.8 Å². The Labute approximate surface area is 121 Å². The first-order chi connectivity index (χ1) is 8.49. The highest BCUT2D eigenvalue weighted by molar-refractivity contribution is 6.33. The molecule has 1 atom stereocenters. The summed E-state index contributed by atoms with van der Waals surface area (Å²) >= 11 is 12.2. The summed E-state index contributed by atoms with van der Waals surface area (Å²) in [5.74, 6) is 1.32. The van der Waals surface area contributed by atoms with E-state index in [0.29, 0.717) is 11.8 Å². The molecule has 0 aliphatic carbocycles. The number of rotatable bonds is 7. The van der Waals surface area contributed by atoms with Crippen molar-refractivity contribution in [1.29, 1.82) is 0 Å². The molecular weight excluding hydrogens is 265 g/mol. The van der Waals surface area contributed by atoms with Gasteiger partial charge in [0.1, 0.15) is 0 Å². The lowest BCUT2D eigenvalue weighted by molar-refractivity contribution is 0.474. The van der Waals surface area contributed by atoms with Crippen molar-refractivity contribution in [1.82, 2.24) is 5.32 Å². The zero-order chi connectivity index (χ0) is 13.5. The molecule has 1 rings (SSSR count). The van der Waals surface area contributed by atoms with Crippen LogP contribution in [0.5, 0.6) is 0 Å². The van der Waals surface area contributed by atoms with Gasteiger partial charge in [0.15, 0.2) is 0 Å². The molecule has 0 saturated carbocycles. The van der Waals surface area contributed by atoms with E-state index in [9.17, 15) is 0 Å². The van der Waals surface area contributed by atoms with Crippen LogP contribution in [0.3, 0.4) is 0 Å². The maximum absolute atomic E-state index is 6.17. The second-order valence-corrected chi connectivity index (χ2v) is 6.28. The van der Waals surface area contributed by atoms with Gasteiger partial charge in [-0.15, -0.1) is 0 Å². The monoisotopic (exact) mass is 287 g/mol. The Morgan fingerprint density at radius 2 is 1.89 bits per heavy atom. The summed E-state index contributed by atoms with van der Waals surface area (Å²) in [5.41, 5.74) is 1.15. The van der Waals surface area contributed by atoms with Gasteiger partial charge in [-0.05, 0) is 61.5 Å². The molecule has 0 radical (unpaired) electrons. The predicted molar refractivity (Wildman–Crippen MR) is 81.7 cm³/mol. The van der Waals surface area contributed by atoms with Gasteiger partial charge in [-0.1, -0.05) is 44.0 Å². The fraction of sp³-hybridized carbons (Fsp3) is 0.600. The number of benzene rings is 1. The Morgan fingerprint density at radius 3 is 2.56 bits per heavy atom. The van der Waals surface area contributed by atoms with Gasteiger partial charge < -0.3 is 5.32 Å². The quantitative estimate of drug-likeness (QED) is 0.710. The van der Waals surface area contributed by atoms with Crippen molar-refractivity contribution in [2.75, 3.05) is 13.1 Å². The van der Waals surface area contributed by atoms with Crippen LogP contribution in [0.15, 0.2) is 18.2 Å². The van der Waals surface area contributed by atoms with Crippen LogP contribution in [0.25, 0.3) is 0 Å². The average Bonchev–Trinajstić information content (AvgIpc) is 2.29. The summed E-state index contributed by atoms with van der Waals surface area (Å²) in [7, 11) is 0. The average molecular weight is 288 g/mol. The van der Waals surface area contributed by atoms with E-state index in [1.54, 1.807) is 0 Å². The molecule has 0 amide bonds. The Morgan fingerprint density at radius 1 is 1.17 bits per heavy atom. The van der Waals surface area contributed by atoms with Gasteiger partial charge in [0.25, 0.3) is 0 Å². The van der Waals surface area contributed by atoms with Gasteiger partial charge in [0.2, 0.25) is 0 Å². The maximum atomic E-state index is 6.17. The zero-order valence-corrected chi connectivity index (χ0v) is 13.0. The fourth-order valence-electron chi connectivity index (χ4n) is 1.92. The highest BCUT2D eigenvalue weighted by atomic mass is 35.5. The number of hydrogen-bond acceptors (Lipinski definition) is 1. The van der Waals surface area contributed by atoms with E-state index >= 15 is 0 Å².